The molecule has 2 aliphatic rings. The molecule has 0 radical (unpaired) electrons. The van der Waals surface area contributed by atoms with Gasteiger partial charge in [-0.15, -0.1) is 0 Å². The summed E-state index contributed by atoms with van der Waals surface area (Å²) in [5.41, 5.74) is 0. The van der Waals surface area contributed by atoms with Crippen LogP contribution in [0, 0.1) is 0 Å². The molecule has 1 unspecified atom stereocenters. The van der Waals surface area contributed by atoms with E-state index < -0.39 is 20.3 Å². The summed E-state index contributed by atoms with van der Waals surface area (Å²) in [4.78, 5) is 10.5. The van der Waals surface area contributed by atoms with Crippen molar-refractivity contribution in [3.8, 4) is 0 Å². The third-order valence-corrected chi connectivity index (χ3v) is 3.00. The minimum Gasteiger partial charge on any atom is -0.456 e. The van der Waals surface area contributed by atoms with Crippen molar-refractivity contribution in [2.45, 2.75) is 6.29 Å². The molecule has 0 spiro atoms. The minimum atomic E-state index is -3.45. The van der Waals surface area contributed by atoms with Crippen LogP contribution in [0.2, 0.25) is 0 Å². The molecule has 0 aromatic heterocycles. The smallest absolute Gasteiger partial charge is 0.456 e. The molecule has 0 aromatic rings. The third kappa shape index (κ3) is 2.88. The predicted molar refractivity (Wildman–Crippen MR) is 47.0 cm³/mol. The van der Waals surface area contributed by atoms with Crippen LogP contribution in [0.5, 0.6) is 0 Å². The Kier molecular flexibility index (Phi) is 3.33. The van der Waals surface area contributed by atoms with Crippen LogP contribution in [0.25, 0.3) is 0 Å². The van der Waals surface area contributed by atoms with Crippen LogP contribution in [0.15, 0.2) is 12.5 Å². The van der Waals surface area contributed by atoms with E-state index in [0.717, 1.165) is 12.5 Å². The van der Waals surface area contributed by atoms with E-state index in [1.54, 1.807) is 0 Å². The summed E-state index contributed by atoms with van der Waals surface area (Å²) in [7, 11) is -3.45. The fraction of sp³-hybridized carbons (Fsp3) is 0.571. The van der Waals surface area contributed by atoms with Gasteiger partial charge in [0.25, 0.3) is 6.29 Å². The second-order valence-corrected chi connectivity index (χ2v) is 4.36. The van der Waals surface area contributed by atoms with Gasteiger partial charge in [-0.2, -0.15) is 0 Å². The number of carbonyl (C=O) groups excluding carboxylic acids is 1. The van der Waals surface area contributed by atoms with Gasteiger partial charge in [-0.25, -0.2) is 9.36 Å². The van der Waals surface area contributed by atoms with Gasteiger partial charge < -0.3 is 18.7 Å². The Hall–Kier alpha value is -1.24. The lowest BCUT2D eigenvalue weighted by Crippen LogP contribution is -2.10. The van der Waals surface area contributed by atoms with Crippen molar-refractivity contribution in [3.05, 3.63) is 12.5 Å². The molecule has 90 valence electrons. The third-order valence-electron chi connectivity index (χ3n) is 1.62. The van der Waals surface area contributed by atoms with Crippen molar-refractivity contribution in [2.24, 2.45) is 0 Å². The van der Waals surface area contributed by atoms with Crippen LogP contribution in [0.1, 0.15) is 0 Å². The standard InChI is InChI=1S/C7H9O8P/c8-7-11-5-6(15-7)10-1-2-12-16(9)13-3-4-14-16/h1-2,6H,3-5H2/b2-1+. The molecule has 8 nitrogen and oxygen atoms in total. The maximum atomic E-state index is 11.4. The fourth-order valence-corrected chi connectivity index (χ4v) is 1.99. The largest absolute Gasteiger partial charge is 0.529 e. The average molecular weight is 252 g/mol. The molecule has 0 N–H and O–H groups in total. The van der Waals surface area contributed by atoms with Crippen molar-refractivity contribution in [2.75, 3.05) is 19.8 Å². The predicted octanol–water partition coefficient (Wildman–Crippen LogP) is 1.14. The molecule has 9 heteroatoms. The highest BCUT2D eigenvalue weighted by Gasteiger charge is 2.32. The molecule has 2 heterocycles. The average Bonchev–Trinajstić information content (AvgIpc) is 2.84. The van der Waals surface area contributed by atoms with Crippen molar-refractivity contribution in [1.29, 1.82) is 0 Å². The first-order valence-corrected chi connectivity index (χ1v) is 5.85. The number of ether oxygens (including phenoxy) is 3. The van der Waals surface area contributed by atoms with E-state index in [4.69, 9.17) is 18.3 Å². The van der Waals surface area contributed by atoms with E-state index in [1.165, 1.54) is 0 Å². The Morgan fingerprint density at radius 2 is 2.06 bits per heavy atom. The molecule has 2 fully saturated rings. The molecule has 2 saturated heterocycles. The first-order chi connectivity index (χ1) is 7.68. The molecule has 0 bridgehead atoms. The van der Waals surface area contributed by atoms with Gasteiger partial charge in [-0.05, 0) is 0 Å². The first kappa shape index (κ1) is 11.3. The number of carbonyl (C=O) groups is 1. The van der Waals surface area contributed by atoms with Crippen LogP contribution < -0.4 is 0 Å². The molecule has 1 atom stereocenters. The lowest BCUT2D eigenvalue weighted by molar-refractivity contribution is -0.0295. The topological polar surface area (TPSA) is 89.5 Å². The van der Waals surface area contributed by atoms with Crippen LogP contribution in [-0.4, -0.2) is 32.3 Å². The van der Waals surface area contributed by atoms with Gasteiger partial charge in [0.1, 0.15) is 12.5 Å². The summed E-state index contributed by atoms with van der Waals surface area (Å²) in [6.45, 7) is 0.438. The highest BCUT2D eigenvalue weighted by molar-refractivity contribution is 7.48. The molecule has 0 amide bonds. The Balaban J connectivity index is 1.69. The molecule has 2 rings (SSSR count). The van der Waals surface area contributed by atoms with E-state index in [1.807, 2.05) is 0 Å². The van der Waals surface area contributed by atoms with Crippen molar-refractivity contribution in [1.82, 2.24) is 0 Å². The monoisotopic (exact) mass is 252 g/mol. The maximum absolute atomic E-state index is 11.4. The van der Waals surface area contributed by atoms with Crippen LogP contribution >= 0.6 is 7.82 Å². The van der Waals surface area contributed by atoms with Gasteiger partial charge in [0.05, 0.1) is 13.2 Å². The maximum Gasteiger partial charge on any atom is 0.529 e. The number of rotatable bonds is 4. The second-order valence-electron chi connectivity index (χ2n) is 2.74. The van der Waals surface area contributed by atoms with Crippen molar-refractivity contribution >= 4 is 14.0 Å². The summed E-state index contributed by atoms with van der Waals surface area (Å²) in [6.07, 6.45) is 0.448. The van der Waals surface area contributed by atoms with Crippen LogP contribution in [0.4, 0.5) is 4.79 Å². The Morgan fingerprint density at radius 1 is 1.31 bits per heavy atom. The SMILES string of the molecule is O=C1OCC(O/C=C/OP2(=O)OCCO2)O1. The van der Waals surface area contributed by atoms with Crippen LogP contribution in [-0.2, 0) is 32.3 Å². The molecule has 0 saturated carbocycles. The zero-order valence-electron chi connectivity index (χ0n) is 8.07. The number of phosphoric ester groups is 1. The van der Waals surface area contributed by atoms with Crippen molar-refractivity contribution < 1.29 is 37.1 Å². The van der Waals surface area contributed by atoms with Crippen LogP contribution in [0.3, 0.4) is 0 Å². The fourth-order valence-electron chi connectivity index (χ4n) is 0.994. The first-order valence-electron chi connectivity index (χ1n) is 4.39. The van der Waals surface area contributed by atoms with Gasteiger partial charge in [0.15, 0.2) is 6.61 Å². The molecule has 0 aliphatic carbocycles. The highest BCUT2D eigenvalue weighted by atomic mass is 31.2. The number of hydrogen-bond acceptors (Lipinski definition) is 8. The van der Waals surface area contributed by atoms with E-state index >= 15 is 0 Å². The minimum absolute atomic E-state index is 0.00612. The Morgan fingerprint density at radius 3 is 2.69 bits per heavy atom. The molecular formula is C7H9O8P. The van der Waals surface area contributed by atoms with Gasteiger partial charge in [-0.1, -0.05) is 0 Å². The number of cyclic esters (lactones) is 2. The summed E-state index contributed by atoms with van der Waals surface area (Å²) in [6, 6.07) is 0. The normalized spacial score (nSPS) is 27.8. The summed E-state index contributed by atoms with van der Waals surface area (Å²) >= 11 is 0. The molecule has 0 aromatic carbocycles. The zero-order chi connectivity index (χ0) is 11.4. The lowest BCUT2D eigenvalue weighted by Gasteiger charge is -2.07. The molecule has 16 heavy (non-hydrogen) atoms. The molecular weight excluding hydrogens is 243 g/mol. The summed E-state index contributed by atoms with van der Waals surface area (Å²) in [5.74, 6) is 0. The van der Waals surface area contributed by atoms with E-state index in [-0.39, 0.29) is 19.8 Å². The lowest BCUT2D eigenvalue weighted by atomic mass is 10.7. The zero-order valence-corrected chi connectivity index (χ0v) is 8.96. The van der Waals surface area contributed by atoms with Gasteiger partial charge >= 0.3 is 14.0 Å². The Labute approximate surface area is 90.6 Å². The number of phosphoric acid groups is 1. The Bertz CT molecular complexity index is 329. The van der Waals surface area contributed by atoms with E-state index in [9.17, 15) is 9.36 Å². The summed E-state index contributed by atoms with van der Waals surface area (Å²) < 4.78 is 39.4. The highest BCUT2D eigenvalue weighted by Crippen LogP contribution is 2.52. The quantitative estimate of drug-likeness (QED) is 0.418. The van der Waals surface area contributed by atoms with Crippen molar-refractivity contribution in [3.63, 3.8) is 0 Å². The van der Waals surface area contributed by atoms with Gasteiger partial charge in [0, 0.05) is 0 Å². The summed E-state index contributed by atoms with van der Waals surface area (Å²) in [5, 5.41) is 0. The second kappa shape index (κ2) is 4.73. The number of hydrogen-bond donors (Lipinski definition) is 0. The molecule has 2 aliphatic heterocycles. The van der Waals surface area contributed by atoms with E-state index in [0.29, 0.717) is 0 Å². The van der Waals surface area contributed by atoms with Gasteiger partial charge in [0.2, 0.25) is 0 Å². The van der Waals surface area contributed by atoms with E-state index in [2.05, 4.69) is 9.47 Å². The van der Waals surface area contributed by atoms with Gasteiger partial charge in [-0.3, -0.25) is 9.05 Å².